The normalized spacial score (nSPS) is 16.3. The number of rotatable bonds is 6. The highest BCUT2D eigenvalue weighted by atomic mass is 19.1. The van der Waals surface area contributed by atoms with Gasteiger partial charge in [0.2, 0.25) is 0 Å². The van der Waals surface area contributed by atoms with Crippen molar-refractivity contribution in [1.29, 1.82) is 0 Å². The number of imide groups is 1. The molecule has 2 aromatic rings. The van der Waals surface area contributed by atoms with Crippen LogP contribution in [0.2, 0.25) is 0 Å². The highest BCUT2D eigenvalue weighted by molar-refractivity contribution is 6.21. The first kappa shape index (κ1) is 19.4. The van der Waals surface area contributed by atoms with Gasteiger partial charge in [0, 0.05) is 38.9 Å². The zero-order valence-corrected chi connectivity index (χ0v) is 16.4. The molecular formula is C22H24FN3O3. The minimum absolute atomic E-state index is 0.242. The third-order valence-corrected chi connectivity index (χ3v) is 5.48. The van der Waals surface area contributed by atoms with Gasteiger partial charge in [0.25, 0.3) is 11.8 Å². The Labute approximate surface area is 169 Å². The Kier molecular flexibility index (Phi) is 5.49. The number of nitrogens with zero attached hydrogens (tertiary/aromatic N) is 3. The van der Waals surface area contributed by atoms with Gasteiger partial charge in [-0.05, 0) is 36.8 Å². The van der Waals surface area contributed by atoms with Crippen LogP contribution in [0.5, 0.6) is 0 Å². The maximum Gasteiger partial charge on any atom is 0.261 e. The predicted molar refractivity (Wildman–Crippen MR) is 109 cm³/mol. The molecule has 2 aliphatic rings. The molecule has 2 aromatic carbocycles. The quantitative estimate of drug-likeness (QED) is 0.702. The molecule has 0 bridgehead atoms. The number of morpholine rings is 1. The number of ether oxygens (including phenoxy) is 1. The minimum Gasteiger partial charge on any atom is -0.378 e. The van der Waals surface area contributed by atoms with Crippen molar-refractivity contribution in [3.05, 3.63) is 59.4 Å². The molecule has 4 rings (SSSR count). The molecule has 6 nitrogen and oxygen atoms in total. The number of carbonyl (C=O) groups is 2. The van der Waals surface area contributed by atoms with Gasteiger partial charge in [-0.3, -0.25) is 14.5 Å². The van der Waals surface area contributed by atoms with Crippen molar-refractivity contribution in [3.63, 3.8) is 0 Å². The number of halogens is 1. The lowest BCUT2D eigenvalue weighted by atomic mass is 10.1. The van der Waals surface area contributed by atoms with Gasteiger partial charge >= 0.3 is 0 Å². The second-order valence-electron chi connectivity index (χ2n) is 7.32. The number of amides is 2. The van der Waals surface area contributed by atoms with E-state index in [1.165, 1.54) is 11.0 Å². The monoisotopic (exact) mass is 397 g/mol. The lowest BCUT2D eigenvalue weighted by Gasteiger charge is -2.30. The van der Waals surface area contributed by atoms with Crippen LogP contribution in [0, 0.1) is 5.82 Å². The molecule has 0 aliphatic carbocycles. The van der Waals surface area contributed by atoms with Crippen LogP contribution in [0.1, 0.15) is 27.1 Å². The highest BCUT2D eigenvalue weighted by Crippen LogP contribution is 2.26. The van der Waals surface area contributed by atoms with Crippen molar-refractivity contribution in [1.82, 2.24) is 4.90 Å². The van der Waals surface area contributed by atoms with E-state index in [-0.39, 0.29) is 17.6 Å². The van der Waals surface area contributed by atoms with Crippen LogP contribution in [-0.4, -0.2) is 63.2 Å². The van der Waals surface area contributed by atoms with Gasteiger partial charge in [0.05, 0.1) is 30.0 Å². The third kappa shape index (κ3) is 3.82. The number of fused-ring (bicyclic) bond motifs is 1. The summed E-state index contributed by atoms with van der Waals surface area (Å²) in [5.41, 5.74) is 2.29. The van der Waals surface area contributed by atoms with Crippen molar-refractivity contribution in [3.8, 4) is 0 Å². The van der Waals surface area contributed by atoms with Gasteiger partial charge in [-0.15, -0.1) is 0 Å². The van der Waals surface area contributed by atoms with E-state index in [0.29, 0.717) is 62.6 Å². The summed E-state index contributed by atoms with van der Waals surface area (Å²) in [6, 6.07) is 12.1. The second kappa shape index (κ2) is 8.21. The standard InChI is InChI=1S/C22H24FN3O3/c1-24(16-7-8-20(19(23)15-16)25-11-13-29-14-12-25)9-4-10-26-21(27)17-5-2-3-6-18(17)22(26)28/h2-3,5-8,15H,4,9-14H2,1H3. The summed E-state index contributed by atoms with van der Waals surface area (Å²) in [5.74, 6) is -0.736. The Balaban J connectivity index is 1.34. The van der Waals surface area contributed by atoms with E-state index in [9.17, 15) is 14.0 Å². The van der Waals surface area contributed by atoms with Gasteiger partial charge in [0.15, 0.2) is 0 Å². The second-order valence-corrected chi connectivity index (χ2v) is 7.32. The SMILES string of the molecule is CN(CCCN1C(=O)c2ccccc2C1=O)c1ccc(N2CCOCC2)c(F)c1. The molecule has 2 aliphatic heterocycles. The largest absolute Gasteiger partial charge is 0.378 e. The van der Waals surface area contributed by atoms with Crippen molar-refractivity contribution in [2.75, 3.05) is 56.2 Å². The van der Waals surface area contributed by atoms with Crippen LogP contribution in [0.25, 0.3) is 0 Å². The lowest BCUT2D eigenvalue weighted by molar-refractivity contribution is 0.0653. The molecule has 0 N–H and O–H groups in total. The van der Waals surface area contributed by atoms with Gasteiger partial charge in [-0.2, -0.15) is 0 Å². The summed E-state index contributed by atoms with van der Waals surface area (Å²) < 4.78 is 19.9. The topological polar surface area (TPSA) is 53.1 Å². The summed E-state index contributed by atoms with van der Waals surface area (Å²) in [6.07, 6.45) is 0.606. The highest BCUT2D eigenvalue weighted by Gasteiger charge is 2.34. The Morgan fingerprint density at radius 2 is 1.69 bits per heavy atom. The summed E-state index contributed by atoms with van der Waals surface area (Å²) in [7, 11) is 1.88. The van der Waals surface area contributed by atoms with Crippen LogP contribution < -0.4 is 9.80 Å². The van der Waals surface area contributed by atoms with Gasteiger partial charge in [-0.1, -0.05) is 12.1 Å². The van der Waals surface area contributed by atoms with Crippen LogP contribution in [-0.2, 0) is 4.74 Å². The molecule has 0 aromatic heterocycles. The van der Waals surface area contributed by atoms with Crippen molar-refractivity contribution >= 4 is 23.2 Å². The fourth-order valence-electron chi connectivity index (χ4n) is 3.83. The Morgan fingerprint density at radius 1 is 1.03 bits per heavy atom. The van der Waals surface area contributed by atoms with E-state index in [1.54, 1.807) is 30.3 Å². The maximum absolute atomic E-state index is 14.6. The van der Waals surface area contributed by atoms with Gasteiger partial charge in [-0.25, -0.2) is 4.39 Å². The van der Waals surface area contributed by atoms with Gasteiger partial charge < -0.3 is 14.5 Å². The van der Waals surface area contributed by atoms with Crippen LogP contribution in [0.3, 0.4) is 0 Å². The first-order valence-electron chi connectivity index (χ1n) is 9.85. The summed E-state index contributed by atoms with van der Waals surface area (Å²) >= 11 is 0. The number of carbonyl (C=O) groups excluding carboxylic acids is 2. The zero-order chi connectivity index (χ0) is 20.4. The average molecular weight is 397 g/mol. The first-order chi connectivity index (χ1) is 14.1. The molecule has 2 heterocycles. The molecule has 2 amide bonds. The Morgan fingerprint density at radius 3 is 2.31 bits per heavy atom. The maximum atomic E-state index is 14.6. The van der Waals surface area contributed by atoms with E-state index < -0.39 is 0 Å². The van der Waals surface area contributed by atoms with E-state index in [0.717, 1.165) is 5.69 Å². The molecule has 1 fully saturated rings. The fourth-order valence-corrected chi connectivity index (χ4v) is 3.83. The minimum atomic E-state index is -0.253. The van der Waals surface area contributed by atoms with Crippen LogP contribution in [0.15, 0.2) is 42.5 Å². The van der Waals surface area contributed by atoms with Gasteiger partial charge in [0.1, 0.15) is 5.82 Å². The molecule has 0 spiro atoms. The predicted octanol–water partition coefficient (Wildman–Crippen LogP) is 2.78. The zero-order valence-electron chi connectivity index (χ0n) is 16.4. The summed E-state index contributed by atoms with van der Waals surface area (Å²) in [6.45, 7) is 3.53. The summed E-state index contributed by atoms with van der Waals surface area (Å²) in [5, 5.41) is 0. The Bertz CT molecular complexity index is 892. The number of hydrogen-bond donors (Lipinski definition) is 0. The van der Waals surface area contributed by atoms with Crippen molar-refractivity contribution in [2.45, 2.75) is 6.42 Å². The molecule has 0 radical (unpaired) electrons. The molecule has 0 unspecified atom stereocenters. The first-order valence-corrected chi connectivity index (χ1v) is 9.85. The number of anilines is 2. The molecular weight excluding hydrogens is 373 g/mol. The molecule has 152 valence electrons. The number of benzene rings is 2. The van der Waals surface area contributed by atoms with Crippen molar-refractivity contribution < 1.29 is 18.7 Å². The molecule has 1 saturated heterocycles. The van der Waals surface area contributed by atoms with E-state index in [4.69, 9.17) is 4.74 Å². The molecule has 7 heteroatoms. The van der Waals surface area contributed by atoms with Crippen LogP contribution in [0.4, 0.5) is 15.8 Å². The van der Waals surface area contributed by atoms with E-state index in [1.807, 2.05) is 22.9 Å². The summed E-state index contributed by atoms with van der Waals surface area (Å²) in [4.78, 5) is 30.0. The smallest absolute Gasteiger partial charge is 0.261 e. The third-order valence-electron chi connectivity index (χ3n) is 5.48. The van der Waals surface area contributed by atoms with Crippen LogP contribution >= 0.6 is 0 Å². The molecule has 29 heavy (non-hydrogen) atoms. The van der Waals surface area contributed by atoms with Crippen molar-refractivity contribution in [2.24, 2.45) is 0 Å². The molecule has 0 saturated carbocycles. The van der Waals surface area contributed by atoms with E-state index in [2.05, 4.69) is 0 Å². The molecule has 0 atom stereocenters. The lowest BCUT2D eigenvalue weighted by Crippen LogP contribution is -2.36. The number of hydrogen-bond acceptors (Lipinski definition) is 5. The van der Waals surface area contributed by atoms with E-state index >= 15 is 0 Å². The Hall–Kier alpha value is -2.93. The fraction of sp³-hybridized carbons (Fsp3) is 0.364. The average Bonchev–Trinajstić information content (AvgIpc) is 2.99.